The number of aromatic hydroxyl groups is 1. The standard InChI is InChI=1S/C13H18N2O4S/c1-9-5-6-10(13(14)17)8-15(9)20(18,19)12-4-2-3-11(16)7-12/h2-4,7,9-10,16H,5-6,8H2,1H3,(H2,14,17). The maximum Gasteiger partial charge on any atom is 0.243 e. The van der Waals surface area contributed by atoms with Gasteiger partial charge in [-0.3, -0.25) is 4.79 Å². The molecular formula is C13H18N2O4S. The van der Waals surface area contributed by atoms with Gasteiger partial charge in [0.2, 0.25) is 15.9 Å². The molecule has 1 aromatic carbocycles. The van der Waals surface area contributed by atoms with Crippen molar-refractivity contribution in [2.75, 3.05) is 6.54 Å². The van der Waals surface area contributed by atoms with Crippen molar-refractivity contribution in [3.63, 3.8) is 0 Å². The fourth-order valence-corrected chi connectivity index (χ4v) is 4.17. The van der Waals surface area contributed by atoms with Gasteiger partial charge in [0.1, 0.15) is 5.75 Å². The Morgan fingerprint density at radius 2 is 2.10 bits per heavy atom. The summed E-state index contributed by atoms with van der Waals surface area (Å²) < 4.78 is 26.5. The van der Waals surface area contributed by atoms with Crippen LogP contribution in [0, 0.1) is 5.92 Å². The maximum atomic E-state index is 12.6. The number of phenolic OH excluding ortho intramolecular Hbond substituents is 1. The number of nitrogens with two attached hydrogens (primary N) is 1. The fraction of sp³-hybridized carbons (Fsp3) is 0.462. The van der Waals surface area contributed by atoms with Crippen LogP contribution in [0.1, 0.15) is 19.8 Å². The van der Waals surface area contributed by atoms with E-state index in [2.05, 4.69) is 0 Å². The van der Waals surface area contributed by atoms with Gasteiger partial charge in [0, 0.05) is 12.6 Å². The molecule has 0 bridgehead atoms. The van der Waals surface area contributed by atoms with Gasteiger partial charge in [0.15, 0.2) is 0 Å². The van der Waals surface area contributed by atoms with Gasteiger partial charge in [0.25, 0.3) is 0 Å². The zero-order valence-corrected chi connectivity index (χ0v) is 12.0. The highest BCUT2D eigenvalue weighted by molar-refractivity contribution is 7.89. The monoisotopic (exact) mass is 298 g/mol. The van der Waals surface area contributed by atoms with Crippen LogP contribution in [-0.2, 0) is 14.8 Å². The Kier molecular flexibility index (Phi) is 4.01. The Hall–Kier alpha value is -1.60. The minimum atomic E-state index is -3.73. The van der Waals surface area contributed by atoms with E-state index in [4.69, 9.17) is 5.73 Å². The number of primary amides is 1. The molecule has 7 heteroatoms. The number of phenols is 1. The quantitative estimate of drug-likeness (QED) is 0.856. The van der Waals surface area contributed by atoms with E-state index in [-0.39, 0.29) is 23.2 Å². The normalized spacial score (nSPS) is 24.4. The first-order valence-electron chi connectivity index (χ1n) is 6.42. The van der Waals surface area contributed by atoms with Crippen LogP contribution in [0.3, 0.4) is 0 Å². The molecule has 1 aliphatic heterocycles. The van der Waals surface area contributed by atoms with E-state index < -0.39 is 21.8 Å². The Morgan fingerprint density at radius 1 is 1.40 bits per heavy atom. The van der Waals surface area contributed by atoms with E-state index in [1.807, 2.05) is 0 Å². The number of sulfonamides is 1. The molecule has 0 aliphatic carbocycles. The average molecular weight is 298 g/mol. The van der Waals surface area contributed by atoms with Crippen LogP contribution in [0.15, 0.2) is 29.2 Å². The molecule has 0 saturated carbocycles. The first kappa shape index (κ1) is 14.8. The number of amides is 1. The summed E-state index contributed by atoms with van der Waals surface area (Å²) in [6.07, 6.45) is 1.19. The summed E-state index contributed by atoms with van der Waals surface area (Å²) in [5.41, 5.74) is 5.28. The van der Waals surface area contributed by atoms with Crippen molar-refractivity contribution >= 4 is 15.9 Å². The van der Waals surface area contributed by atoms with Gasteiger partial charge in [-0.25, -0.2) is 8.42 Å². The predicted octanol–water partition coefficient (Wildman–Crippen LogP) is 0.667. The molecule has 2 atom stereocenters. The van der Waals surface area contributed by atoms with E-state index in [0.29, 0.717) is 12.8 Å². The molecule has 1 aliphatic rings. The SMILES string of the molecule is CC1CCC(C(N)=O)CN1S(=O)(=O)c1cccc(O)c1. The summed E-state index contributed by atoms with van der Waals surface area (Å²) >= 11 is 0. The molecule has 1 aromatic rings. The Bertz CT molecular complexity index is 615. The third kappa shape index (κ3) is 2.78. The van der Waals surface area contributed by atoms with Crippen molar-refractivity contribution in [2.45, 2.75) is 30.7 Å². The van der Waals surface area contributed by atoms with Gasteiger partial charge < -0.3 is 10.8 Å². The summed E-state index contributed by atoms with van der Waals surface area (Å²) in [5, 5.41) is 9.42. The Balaban J connectivity index is 2.34. The van der Waals surface area contributed by atoms with E-state index in [1.54, 1.807) is 6.92 Å². The molecule has 1 saturated heterocycles. The molecule has 0 aromatic heterocycles. The summed E-state index contributed by atoms with van der Waals surface area (Å²) in [6, 6.07) is 5.32. The summed E-state index contributed by atoms with van der Waals surface area (Å²) in [6.45, 7) is 1.89. The lowest BCUT2D eigenvalue weighted by Gasteiger charge is -2.35. The summed E-state index contributed by atoms with van der Waals surface area (Å²) in [5.74, 6) is -1.05. The van der Waals surface area contributed by atoms with Crippen LogP contribution < -0.4 is 5.73 Å². The average Bonchev–Trinajstić information content (AvgIpc) is 2.38. The third-order valence-electron chi connectivity index (χ3n) is 3.65. The highest BCUT2D eigenvalue weighted by Gasteiger charge is 2.36. The highest BCUT2D eigenvalue weighted by Crippen LogP contribution is 2.29. The number of carbonyl (C=O) groups excluding carboxylic acids is 1. The Morgan fingerprint density at radius 3 is 2.70 bits per heavy atom. The molecule has 1 amide bonds. The number of benzene rings is 1. The van der Waals surface area contributed by atoms with Gasteiger partial charge in [0.05, 0.1) is 10.8 Å². The van der Waals surface area contributed by atoms with Gasteiger partial charge in [-0.2, -0.15) is 4.31 Å². The molecule has 1 fully saturated rings. The molecule has 0 spiro atoms. The number of rotatable bonds is 3. The molecule has 2 rings (SSSR count). The van der Waals surface area contributed by atoms with Gasteiger partial charge in [-0.1, -0.05) is 6.07 Å². The van der Waals surface area contributed by atoms with E-state index in [1.165, 1.54) is 28.6 Å². The number of nitrogens with zero attached hydrogens (tertiary/aromatic N) is 1. The van der Waals surface area contributed by atoms with Crippen LogP contribution >= 0.6 is 0 Å². The fourth-order valence-electron chi connectivity index (χ4n) is 2.42. The topological polar surface area (TPSA) is 101 Å². The van der Waals surface area contributed by atoms with Crippen molar-refractivity contribution < 1.29 is 18.3 Å². The van der Waals surface area contributed by atoms with Crippen molar-refractivity contribution in [1.29, 1.82) is 0 Å². The largest absolute Gasteiger partial charge is 0.508 e. The lowest BCUT2D eigenvalue weighted by Crippen LogP contribution is -2.48. The molecule has 6 nitrogen and oxygen atoms in total. The molecule has 1 heterocycles. The number of carbonyl (C=O) groups is 1. The lowest BCUT2D eigenvalue weighted by atomic mass is 9.95. The first-order valence-corrected chi connectivity index (χ1v) is 7.86. The van der Waals surface area contributed by atoms with E-state index >= 15 is 0 Å². The predicted molar refractivity (Wildman–Crippen MR) is 73.4 cm³/mol. The number of piperidine rings is 1. The number of hydrogen-bond acceptors (Lipinski definition) is 4. The molecule has 20 heavy (non-hydrogen) atoms. The first-order chi connectivity index (χ1) is 9.32. The van der Waals surface area contributed by atoms with E-state index in [9.17, 15) is 18.3 Å². The van der Waals surface area contributed by atoms with Crippen LogP contribution in [0.25, 0.3) is 0 Å². The smallest absolute Gasteiger partial charge is 0.243 e. The van der Waals surface area contributed by atoms with Crippen molar-refractivity contribution in [3.05, 3.63) is 24.3 Å². The number of hydrogen-bond donors (Lipinski definition) is 2. The van der Waals surface area contributed by atoms with Crippen LogP contribution in [0.4, 0.5) is 0 Å². The van der Waals surface area contributed by atoms with Crippen LogP contribution in [-0.4, -0.2) is 36.3 Å². The lowest BCUT2D eigenvalue weighted by molar-refractivity contribution is -0.123. The molecule has 110 valence electrons. The minimum absolute atomic E-state index is 0.0227. The maximum absolute atomic E-state index is 12.6. The zero-order chi connectivity index (χ0) is 14.9. The van der Waals surface area contributed by atoms with Crippen LogP contribution in [0.2, 0.25) is 0 Å². The van der Waals surface area contributed by atoms with Gasteiger partial charge in [-0.05, 0) is 38.0 Å². The Labute approximate surface area is 118 Å². The van der Waals surface area contributed by atoms with Gasteiger partial charge >= 0.3 is 0 Å². The zero-order valence-electron chi connectivity index (χ0n) is 11.2. The summed E-state index contributed by atoms with van der Waals surface area (Å²) in [7, 11) is -3.73. The third-order valence-corrected chi connectivity index (χ3v) is 5.63. The molecular weight excluding hydrogens is 280 g/mol. The minimum Gasteiger partial charge on any atom is -0.508 e. The van der Waals surface area contributed by atoms with Gasteiger partial charge in [-0.15, -0.1) is 0 Å². The highest BCUT2D eigenvalue weighted by atomic mass is 32.2. The van der Waals surface area contributed by atoms with E-state index in [0.717, 1.165) is 0 Å². The van der Waals surface area contributed by atoms with Crippen molar-refractivity contribution in [1.82, 2.24) is 4.31 Å². The second kappa shape index (κ2) is 5.41. The molecule has 0 radical (unpaired) electrons. The second-order valence-electron chi connectivity index (χ2n) is 5.10. The van der Waals surface area contributed by atoms with Crippen molar-refractivity contribution in [3.8, 4) is 5.75 Å². The molecule has 3 N–H and O–H groups in total. The van der Waals surface area contributed by atoms with Crippen molar-refractivity contribution in [2.24, 2.45) is 11.7 Å². The second-order valence-corrected chi connectivity index (χ2v) is 6.99. The summed E-state index contributed by atoms with van der Waals surface area (Å²) in [4.78, 5) is 11.3. The van der Waals surface area contributed by atoms with Crippen LogP contribution in [0.5, 0.6) is 5.75 Å². The molecule has 2 unspecified atom stereocenters.